The summed E-state index contributed by atoms with van der Waals surface area (Å²) in [5.74, 6) is -0.0211. The topological polar surface area (TPSA) is 29.1 Å². The predicted molar refractivity (Wildman–Crippen MR) is 86.0 cm³/mol. The molecule has 0 fully saturated rings. The molecule has 2 rings (SSSR count). The van der Waals surface area contributed by atoms with E-state index in [1.165, 1.54) is 5.56 Å². The number of aryl methyl sites for hydroxylation is 1. The molecule has 0 aliphatic carbocycles. The molecule has 0 saturated carbocycles. The first kappa shape index (κ1) is 14.8. The molecule has 1 amide bonds. The second-order valence-electron chi connectivity index (χ2n) is 5.02. The summed E-state index contributed by atoms with van der Waals surface area (Å²) in [7, 11) is 0. The number of halogens is 1. The summed E-state index contributed by atoms with van der Waals surface area (Å²) in [6.07, 6.45) is 0.833. The summed E-state index contributed by atoms with van der Waals surface area (Å²) < 4.78 is 0.920. The van der Waals surface area contributed by atoms with Gasteiger partial charge in [-0.1, -0.05) is 52.3 Å². The Hall–Kier alpha value is -1.61. The van der Waals surface area contributed by atoms with E-state index >= 15 is 0 Å². The van der Waals surface area contributed by atoms with Crippen molar-refractivity contribution in [3.05, 3.63) is 69.7 Å². The Bertz CT molecular complexity index is 595. The maximum atomic E-state index is 12.3. The molecule has 2 aromatic carbocycles. The third kappa shape index (κ3) is 3.94. The van der Waals surface area contributed by atoms with Gasteiger partial charge in [0.05, 0.1) is 0 Å². The summed E-state index contributed by atoms with van der Waals surface area (Å²) in [6.45, 7) is 3.97. The van der Waals surface area contributed by atoms with Crippen LogP contribution in [0.4, 0.5) is 0 Å². The largest absolute Gasteiger partial charge is 0.349 e. The first-order chi connectivity index (χ1) is 9.56. The first-order valence-corrected chi connectivity index (χ1v) is 7.46. The Labute approximate surface area is 128 Å². The molecule has 2 nitrogen and oxygen atoms in total. The van der Waals surface area contributed by atoms with Crippen LogP contribution in [-0.2, 0) is 6.42 Å². The highest BCUT2D eigenvalue weighted by atomic mass is 79.9. The fourth-order valence-corrected chi connectivity index (χ4v) is 2.52. The van der Waals surface area contributed by atoms with Gasteiger partial charge in [-0.3, -0.25) is 4.79 Å². The third-order valence-corrected chi connectivity index (χ3v) is 3.70. The summed E-state index contributed by atoms with van der Waals surface area (Å²) in [4.78, 5) is 12.3. The lowest BCUT2D eigenvalue weighted by atomic mass is 10.1. The van der Waals surface area contributed by atoms with E-state index in [1.54, 1.807) is 0 Å². The molecule has 0 radical (unpaired) electrons. The minimum Gasteiger partial charge on any atom is -0.349 e. The lowest BCUT2D eigenvalue weighted by Gasteiger charge is -2.15. The van der Waals surface area contributed by atoms with Gasteiger partial charge in [-0.15, -0.1) is 0 Å². The number of hydrogen-bond donors (Lipinski definition) is 1. The monoisotopic (exact) mass is 331 g/mol. The molecule has 0 bridgehead atoms. The predicted octanol–water partition coefficient (Wildman–Crippen LogP) is 4.12. The molecule has 0 heterocycles. The molecule has 1 atom stereocenters. The Balaban J connectivity index is 2.02. The molecule has 3 heteroatoms. The van der Waals surface area contributed by atoms with Gasteiger partial charge in [-0.05, 0) is 43.5 Å². The zero-order valence-corrected chi connectivity index (χ0v) is 13.3. The van der Waals surface area contributed by atoms with Crippen LogP contribution in [-0.4, -0.2) is 11.9 Å². The first-order valence-electron chi connectivity index (χ1n) is 6.67. The van der Waals surface area contributed by atoms with E-state index < -0.39 is 0 Å². The van der Waals surface area contributed by atoms with Gasteiger partial charge in [0, 0.05) is 16.1 Å². The Morgan fingerprint density at radius 2 is 1.90 bits per heavy atom. The van der Waals surface area contributed by atoms with Gasteiger partial charge in [-0.2, -0.15) is 0 Å². The van der Waals surface area contributed by atoms with E-state index in [0.29, 0.717) is 0 Å². The molecule has 104 valence electrons. The minimum absolute atomic E-state index is 0.0211. The number of carbonyl (C=O) groups is 1. The summed E-state index contributed by atoms with van der Waals surface area (Å²) in [6, 6.07) is 16.0. The fraction of sp³-hybridized carbons (Fsp3) is 0.235. The van der Waals surface area contributed by atoms with Gasteiger partial charge >= 0.3 is 0 Å². The normalized spacial score (nSPS) is 11.9. The van der Waals surface area contributed by atoms with Crippen LogP contribution in [0.15, 0.2) is 53.0 Å². The van der Waals surface area contributed by atoms with Crippen molar-refractivity contribution in [2.45, 2.75) is 26.3 Å². The van der Waals surface area contributed by atoms with E-state index in [1.807, 2.05) is 50.2 Å². The summed E-state index contributed by atoms with van der Waals surface area (Å²) in [5.41, 5.74) is 2.93. The van der Waals surface area contributed by atoms with Crippen molar-refractivity contribution in [1.29, 1.82) is 0 Å². The Kier molecular flexibility index (Phi) is 4.96. The van der Waals surface area contributed by atoms with Gasteiger partial charge < -0.3 is 5.32 Å². The SMILES string of the molecule is Cc1ccc(Br)cc1C(=O)NC(C)Cc1ccccc1. The third-order valence-electron chi connectivity index (χ3n) is 3.21. The molecular weight excluding hydrogens is 314 g/mol. The highest BCUT2D eigenvalue weighted by Gasteiger charge is 2.12. The number of rotatable bonds is 4. The average molecular weight is 332 g/mol. The van der Waals surface area contributed by atoms with Gasteiger partial charge in [-0.25, -0.2) is 0 Å². The highest BCUT2D eigenvalue weighted by Crippen LogP contribution is 2.16. The van der Waals surface area contributed by atoms with Gasteiger partial charge in [0.15, 0.2) is 0 Å². The van der Waals surface area contributed by atoms with Crippen LogP contribution in [0.3, 0.4) is 0 Å². The number of carbonyl (C=O) groups excluding carboxylic acids is 1. The molecule has 0 saturated heterocycles. The van der Waals surface area contributed by atoms with Crippen molar-refractivity contribution < 1.29 is 4.79 Å². The molecule has 1 unspecified atom stereocenters. The zero-order valence-electron chi connectivity index (χ0n) is 11.7. The van der Waals surface area contributed by atoms with E-state index in [2.05, 4.69) is 33.4 Å². The lowest BCUT2D eigenvalue weighted by Crippen LogP contribution is -2.34. The molecular formula is C17H18BrNO. The fourth-order valence-electron chi connectivity index (χ4n) is 2.16. The molecule has 1 N–H and O–H groups in total. The van der Waals surface area contributed by atoms with Crippen molar-refractivity contribution in [3.63, 3.8) is 0 Å². The smallest absolute Gasteiger partial charge is 0.251 e. The molecule has 2 aromatic rings. The molecule has 0 aromatic heterocycles. The van der Waals surface area contributed by atoms with E-state index in [4.69, 9.17) is 0 Å². The van der Waals surface area contributed by atoms with Gasteiger partial charge in [0.2, 0.25) is 0 Å². The van der Waals surface area contributed by atoms with Crippen molar-refractivity contribution in [3.8, 4) is 0 Å². The van der Waals surface area contributed by atoms with E-state index in [9.17, 15) is 4.79 Å². The van der Waals surface area contributed by atoms with Crippen molar-refractivity contribution >= 4 is 21.8 Å². The average Bonchev–Trinajstić information content (AvgIpc) is 2.42. The number of amides is 1. The quantitative estimate of drug-likeness (QED) is 0.897. The van der Waals surface area contributed by atoms with Crippen molar-refractivity contribution in [2.24, 2.45) is 0 Å². The lowest BCUT2D eigenvalue weighted by molar-refractivity contribution is 0.0939. The number of benzene rings is 2. The molecule has 20 heavy (non-hydrogen) atoms. The van der Waals surface area contributed by atoms with Crippen LogP contribution < -0.4 is 5.32 Å². The minimum atomic E-state index is -0.0211. The van der Waals surface area contributed by atoms with Crippen LogP contribution >= 0.6 is 15.9 Å². The van der Waals surface area contributed by atoms with Crippen molar-refractivity contribution in [2.75, 3.05) is 0 Å². The second-order valence-corrected chi connectivity index (χ2v) is 5.94. The number of nitrogens with one attached hydrogen (secondary N) is 1. The molecule has 0 aliphatic heterocycles. The molecule has 0 aliphatic rings. The van der Waals surface area contributed by atoms with Crippen LogP contribution in [0.2, 0.25) is 0 Å². The Morgan fingerprint density at radius 3 is 2.60 bits per heavy atom. The van der Waals surface area contributed by atoms with Gasteiger partial charge in [0.25, 0.3) is 5.91 Å². The second kappa shape index (κ2) is 6.71. The molecule has 0 spiro atoms. The summed E-state index contributed by atoms with van der Waals surface area (Å²) in [5, 5.41) is 3.05. The van der Waals surface area contributed by atoms with Crippen LogP contribution in [0.5, 0.6) is 0 Å². The van der Waals surface area contributed by atoms with Crippen LogP contribution in [0.1, 0.15) is 28.4 Å². The maximum Gasteiger partial charge on any atom is 0.251 e. The zero-order chi connectivity index (χ0) is 14.5. The van der Waals surface area contributed by atoms with E-state index in [0.717, 1.165) is 22.0 Å². The van der Waals surface area contributed by atoms with Crippen molar-refractivity contribution in [1.82, 2.24) is 5.32 Å². The standard InChI is InChI=1S/C17H18BrNO/c1-12-8-9-15(18)11-16(12)17(20)19-13(2)10-14-6-4-3-5-7-14/h3-9,11,13H,10H2,1-2H3,(H,19,20). The number of hydrogen-bond acceptors (Lipinski definition) is 1. The van der Waals surface area contributed by atoms with E-state index in [-0.39, 0.29) is 11.9 Å². The van der Waals surface area contributed by atoms with Gasteiger partial charge in [0.1, 0.15) is 0 Å². The van der Waals surface area contributed by atoms with Crippen LogP contribution in [0, 0.1) is 6.92 Å². The summed E-state index contributed by atoms with van der Waals surface area (Å²) >= 11 is 3.40. The highest BCUT2D eigenvalue weighted by molar-refractivity contribution is 9.10. The van der Waals surface area contributed by atoms with Crippen LogP contribution in [0.25, 0.3) is 0 Å². The Morgan fingerprint density at radius 1 is 1.20 bits per heavy atom. The maximum absolute atomic E-state index is 12.3.